The van der Waals surface area contributed by atoms with Crippen molar-refractivity contribution >= 4 is 0 Å². The smallest absolute Gasteiger partial charge is 0.0952 e. The van der Waals surface area contributed by atoms with E-state index < -0.39 is 0 Å². The van der Waals surface area contributed by atoms with Crippen LogP contribution in [0.25, 0.3) is 0 Å². The van der Waals surface area contributed by atoms with E-state index in [0.717, 1.165) is 32.7 Å². The Labute approximate surface area is 126 Å². The number of aromatic nitrogens is 2. The molecule has 21 heavy (non-hydrogen) atoms. The van der Waals surface area contributed by atoms with Crippen molar-refractivity contribution in [2.75, 3.05) is 19.7 Å². The number of benzene rings is 1. The first-order valence-electron chi connectivity index (χ1n) is 7.66. The van der Waals surface area contributed by atoms with Crippen molar-refractivity contribution in [1.29, 1.82) is 0 Å². The van der Waals surface area contributed by atoms with Crippen LogP contribution < -0.4 is 0 Å². The van der Waals surface area contributed by atoms with E-state index in [1.165, 1.54) is 16.8 Å². The van der Waals surface area contributed by atoms with Gasteiger partial charge < -0.3 is 4.74 Å². The maximum absolute atomic E-state index is 5.95. The molecule has 1 saturated heterocycles. The summed E-state index contributed by atoms with van der Waals surface area (Å²) in [6, 6.07) is 10.9. The Morgan fingerprint density at radius 2 is 2.05 bits per heavy atom. The third-order valence-electron chi connectivity index (χ3n) is 4.22. The molecule has 1 aliphatic heterocycles. The lowest BCUT2D eigenvalue weighted by molar-refractivity contribution is -0.0335. The van der Waals surface area contributed by atoms with E-state index in [9.17, 15) is 0 Å². The first kappa shape index (κ1) is 14.3. The van der Waals surface area contributed by atoms with E-state index in [-0.39, 0.29) is 6.10 Å². The molecule has 0 bridgehead atoms. The van der Waals surface area contributed by atoms with Gasteiger partial charge in [0, 0.05) is 32.9 Å². The summed E-state index contributed by atoms with van der Waals surface area (Å²) in [6.45, 7) is 5.83. The van der Waals surface area contributed by atoms with Gasteiger partial charge in [0.25, 0.3) is 0 Å². The molecule has 0 amide bonds. The van der Waals surface area contributed by atoms with Crippen molar-refractivity contribution in [2.24, 2.45) is 7.05 Å². The predicted molar refractivity (Wildman–Crippen MR) is 83.0 cm³/mol. The highest BCUT2D eigenvalue weighted by molar-refractivity contribution is 5.24. The summed E-state index contributed by atoms with van der Waals surface area (Å²) in [4.78, 5) is 2.44. The van der Waals surface area contributed by atoms with E-state index in [1.807, 2.05) is 17.9 Å². The summed E-state index contributed by atoms with van der Waals surface area (Å²) in [7, 11) is 2.00. The molecule has 4 nitrogen and oxygen atoms in total. The zero-order valence-electron chi connectivity index (χ0n) is 12.8. The van der Waals surface area contributed by atoms with Gasteiger partial charge >= 0.3 is 0 Å². The molecule has 0 N–H and O–H groups in total. The zero-order chi connectivity index (χ0) is 14.7. The van der Waals surface area contributed by atoms with Crippen LogP contribution in [-0.2, 0) is 24.8 Å². The largest absolute Gasteiger partial charge is 0.371 e. The molecular weight excluding hydrogens is 262 g/mol. The minimum Gasteiger partial charge on any atom is -0.371 e. The van der Waals surface area contributed by atoms with Crippen LogP contribution in [0.15, 0.2) is 36.5 Å². The Morgan fingerprint density at radius 3 is 2.71 bits per heavy atom. The average Bonchev–Trinajstić information content (AvgIpc) is 2.93. The number of morpholine rings is 1. The Morgan fingerprint density at radius 1 is 1.24 bits per heavy atom. The van der Waals surface area contributed by atoms with Gasteiger partial charge in [-0.1, -0.05) is 31.2 Å². The third-order valence-corrected chi connectivity index (χ3v) is 4.22. The SMILES string of the molecule is CCc1ccc([C@@H]2CN(Cc3ccnn3C)CCO2)cc1. The molecule has 0 aliphatic carbocycles. The van der Waals surface area contributed by atoms with Crippen molar-refractivity contribution in [3.63, 3.8) is 0 Å². The van der Waals surface area contributed by atoms with E-state index >= 15 is 0 Å². The van der Waals surface area contributed by atoms with Crippen LogP contribution >= 0.6 is 0 Å². The van der Waals surface area contributed by atoms with Crippen LogP contribution in [0, 0.1) is 0 Å². The lowest BCUT2D eigenvalue weighted by Gasteiger charge is -2.33. The van der Waals surface area contributed by atoms with Gasteiger partial charge in [-0.2, -0.15) is 5.10 Å². The highest BCUT2D eigenvalue weighted by Gasteiger charge is 2.22. The lowest BCUT2D eigenvalue weighted by atomic mass is 10.0. The second-order valence-electron chi connectivity index (χ2n) is 5.64. The predicted octanol–water partition coefficient (Wildman–Crippen LogP) is 2.56. The minimum absolute atomic E-state index is 0.179. The number of hydrogen-bond acceptors (Lipinski definition) is 3. The maximum atomic E-state index is 5.95. The summed E-state index contributed by atoms with van der Waals surface area (Å²) < 4.78 is 7.90. The maximum Gasteiger partial charge on any atom is 0.0952 e. The molecule has 112 valence electrons. The molecule has 4 heteroatoms. The summed E-state index contributed by atoms with van der Waals surface area (Å²) in [5.41, 5.74) is 3.90. The molecule has 0 unspecified atom stereocenters. The molecule has 1 aromatic heterocycles. The van der Waals surface area contributed by atoms with Crippen LogP contribution in [0.3, 0.4) is 0 Å². The highest BCUT2D eigenvalue weighted by atomic mass is 16.5. The van der Waals surface area contributed by atoms with Gasteiger partial charge in [-0.25, -0.2) is 0 Å². The van der Waals surface area contributed by atoms with Gasteiger partial charge in [0.1, 0.15) is 0 Å². The number of hydrogen-bond donors (Lipinski definition) is 0. The van der Waals surface area contributed by atoms with E-state index in [1.54, 1.807) is 0 Å². The van der Waals surface area contributed by atoms with Gasteiger partial charge in [0.2, 0.25) is 0 Å². The van der Waals surface area contributed by atoms with Crippen LogP contribution in [-0.4, -0.2) is 34.4 Å². The second-order valence-corrected chi connectivity index (χ2v) is 5.64. The van der Waals surface area contributed by atoms with Gasteiger partial charge in [-0.05, 0) is 23.6 Å². The lowest BCUT2D eigenvalue weighted by Crippen LogP contribution is -2.38. The summed E-state index contributed by atoms with van der Waals surface area (Å²) >= 11 is 0. The Kier molecular flexibility index (Phi) is 4.36. The Bertz CT molecular complexity index is 576. The molecule has 2 heterocycles. The second kappa shape index (κ2) is 6.41. The minimum atomic E-state index is 0.179. The number of ether oxygens (including phenoxy) is 1. The number of nitrogens with zero attached hydrogens (tertiary/aromatic N) is 3. The summed E-state index contributed by atoms with van der Waals surface area (Å²) in [5.74, 6) is 0. The van der Waals surface area contributed by atoms with Gasteiger partial charge in [0.05, 0.1) is 18.4 Å². The summed E-state index contributed by atoms with van der Waals surface area (Å²) in [5, 5.41) is 4.24. The van der Waals surface area contributed by atoms with E-state index in [0.29, 0.717) is 0 Å². The van der Waals surface area contributed by atoms with E-state index in [2.05, 4.69) is 47.3 Å². The molecular formula is C17H23N3O. The molecule has 2 aromatic rings. The van der Waals surface area contributed by atoms with Crippen molar-refractivity contribution in [2.45, 2.75) is 26.0 Å². The van der Waals surface area contributed by atoms with Crippen LogP contribution in [0.5, 0.6) is 0 Å². The van der Waals surface area contributed by atoms with Crippen molar-refractivity contribution in [3.05, 3.63) is 53.3 Å². The number of aryl methyl sites for hydroxylation is 2. The standard InChI is InChI=1S/C17H23N3O/c1-3-14-4-6-15(7-5-14)17-13-20(10-11-21-17)12-16-8-9-18-19(16)2/h4-9,17H,3,10-13H2,1-2H3/t17-/m0/s1. The van der Waals surface area contributed by atoms with Gasteiger partial charge in [0.15, 0.2) is 0 Å². The summed E-state index contributed by atoms with van der Waals surface area (Å²) in [6.07, 6.45) is 3.12. The fourth-order valence-electron chi connectivity index (χ4n) is 2.80. The van der Waals surface area contributed by atoms with Crippen LogP contribution in [0.2, 0.25) is 0 Å². The van der Waals surface area contributed by atoms with Crippen molar-refractivity contribution in [3.8, 4) is 0 Å². The monoisotopic (exact) mass is 285 g/mol. The molecule has 1 aliphatic rings. The fourth-order valence-corrected chi connectivity index (χ4v) is 2.80. The Balaban J connectivity index is 1.66. The molecule has 1 fully saturated rings. The average molecular weight is 285 g/mol. The number of rotatable bonds is 4. The van der Waals surface area contributed by atoms with Crippen LogP contribution in [0.4, 0.5) is 0 Å². The molecule has 1 aromatic carbocycles. The third kappa shape index (κ3) is 3.34. The molecule has 3 rings (SSSR count). The quantitative estimate of drug-likeness (QED) is 0.865. The van der Waals surface area contributed by atoms with Gasteiger partial charge in [-0.15, -0.1) is 0 Å². The highest BCUT2D eigenvalue weighted by Crippen LogP contribution is 2.23. The molecule has 0 spiro atoms. The normalized spacial score (nSPS) is 19.8. The topological polar surface area (TPSA) is 30.3 Å². The first-order chi connectivity index (χ1) is 10.3. The molecule has 1 atom stereocenters. The van der Waals surface area contributed by atoms with Crippen molar-refractivity contribution < 1.29 is 4.74 Å². The zero-order valence-corrected chi connectivity index (χ0v) is 12.8. The first-order valence-corrected chi connectivity index (χ1v) is 7.66. The van der Waals surface area contributed by atoms with Gasteiger partial charge in [-0.3, -0.25) is 9.58 Å². The molecule has 0 radical (unpaired) electrons. The van der Waals surface area contributed by atoms with Crippen molar-refractivity contribution in [1.82, 2.24) is 14.7 Å². The Hall–Kier alpha value is -1.65. The van der Waals surface area contributed by atoms with E-state index in [4.69, 9.17) is 4.74 Å². The molecule has 0 saturated carbocycles. The van der Waals surface area contributed by atoms with Crippen LogP contribution in [0.1, 0.15) is 29.8 Å². The fraction of sp³-hybridized carbons (Fsp3) is 0.471.